The molecule has 0 unspecified atom stereocenters. The van der Waals surface area contributed by atoms with E-state index in [-0.39, 0.29) is 0 Å². The van der Waals surface area contributed by atoms with Crippen LogP contribution in [0.15, 0.2) is 24.3 Å². The molecular weight excluding hydrogens is 285 g/mol. The van der Waals surface area contributed by atoms with Gasteiger partial charge >= 0.3 is 0 Å². The molecule has 0 atom stereocenters. The van der Waals surface area contributed by atoms with Crippen LogP contribution in [0, 0.1) is 5.82 Å². The number of fused-ring (bicyclic) bond motifs is 1. The van der Waals surface area contributed by atoms with Crippen LogP contribution in [0.5, 0.6) is 0 Å². The lowest BCUT2D eigenvalue weighted by molar-refractivity contribution is 0.0377. The van der Waals surface area contributed by atoms with Crippen molar-refractivity contribution in [3.05, 3.63) is 35.0 Å². The monoisotopic (exact) mass is 299 g/mol. The lowest BCUT2D eigenvalue weighted by Crippen LogP contribution is -2.56. The van der Waals surface area contributed by atoms with Crippen molar-refractivity contribution in [3.8, 4) is 0 Å². The number of hydrogen-bond donors (Lipinski definition) is 4. The largest absolute Gasteiger partial charge is 0.394 e. The van der Waals surface area contributed by atoms with Crippen molar-refractivity contribution in [2.45, 2.75) is 5.54 Å². The van der Waals surface area contributed by atoms with E-state index in [2.05, 4.69) is 5.32 Å². The summed E-state index contributed by atoms with van der Waals surface area (Å²) in [6.45, 7) is -1.78. The lowest BCUT2D eigenvalue weighted by Gasteiger charge is -2.28. The van der Waals surface area contributed by atoms with E-state index >= 15 is 0 Å². The van der Waals surface area contributed by atoms with Crippen LogP contribution >= 0.6 is 11.3 Å². The number of rotatable bonds is 5. The molecule has 0 fully saturated rings. The highest BCUT2D eigenvalue weighted by molar-refractivity contribution is 7.20. The standard InChI is InChI=1S/C13H14FNO4S/c14-9-1-2-10-8(3-9)4-11(20-10)12(19)15-13(5-16,6-17)7-18/h1-4,16-18H,5-7H2,(H,15,19). The van der Waals surface area contributed by atoms with Gasteiger partial charge in [-0.1, -0.05) is 0 Å². The van der Waals surface area contributed by atoms with Gasteiger partial charge in [0, 0.05) is 4.70 Å². The van der Waals surface area contributed by atoms with E-state index in [1.54, 1.807) is 6.07 Å². The fourth-order valence-electron chi connectivity index (χ4n) is 1.70. The molecule has 20 heavy (non-hydrogen) atoms. The van der Waals surface area contributed by atoms with Crippen molar-refractivity contribution in [2.75, 3.05) is 19.8 Å². The number of carbonyl (C=O) groups excluding carboxylic acids is 1. The number of nitrogens with one attached hydrogen (secondary N) is 1. The molecule has 108 valence electrons. The van der Waals surface area contributed by atoms with E-state index in [9.17, 15) is 9.18 Å². The van der Waals surface area contributed by atoms with E-state index in [0.29, 0.717) is 10.3 Å². The Morgan fingerprint density at radius 3 is 2.45 bits per heavy atom. The Balaban J connectivity index is 2.27. The lowest BCUT2D eigenvalue weighted by atomic mass is 10.0. The van der Waals surface area contributed by atoms with Gasteiger partial charge in [0.05, 0.1) is 24.7 Å². The SMILES string of the molecule is O=C(NC(CO)(CO)CO)c1cc2cc(F)ccc2s1. The minimum absolute atomic E-state index is 0.310. The zero-order valence-corrected chi connectivity index (χ0v) is 11.3. The van der Waals surface area contributed by atoms with Gasteiger partial charge in [0.25, 0.3) is 5.91 Å². The molecule has 0 bridgehead atoms. The highest BCUT2D eigenvalue weighted by Crippen LogP contribution is 2.26. The first-order chi connectivity index (χ1) is 9.53. The minimum Gasteiger partial charge on any atom is -0.394 e. The third-order valence-electron chi connectivity index (χ3n) is 2.99. The van der Waals surface area contributed by atoms with E-state index in [0.717, 1.165) is 16.0 Å². The van der Waals surface area contributed by atoms with Gasteiger partial charge in [-0.2, -0.15) is 0 Å². The van der Waals surface area contributed by atoms with Crippen molar-refractivity contribution < 1.29 is 24.5 Å². The van der Waals surface area contributed by atoms with Crippen molar-refractivity contribution in [1.82, 2.24) is 5.32 Å². The molecule has 2 aromatic rings. The van der Waals surface area contributed by atoms with Crippen LogP contribution < -0.4 is 5.32 Å². The maximum absolute atomic E-state index is 13.1. The van der Waals surface area contributed by atoms with Crippen LogP contribution in [0.2, 0.25) is 0 Å². The summed E-state index contributed by atoms with van der Waals surface area (Å²) in [7, 11) is 0. The maximum atomic E-state index is 13.1. The Labute approximate surface area is 118 Å². The van der Waals surface area contributed by atoms with Gasteiger partial charge in [-0.25, -0.2) is 4.39 Å². The van der Waals surface area contributed by atoms with Gasteiger partial charge in [-0.15, -0.1) is 11.3 Å². The summed E-state index contributed by atoms with van der Waals surface area (Å²) in [5.41, 5.74) is -1.47. The predicted molar refractivity (Wildman–Crippen MR) is 73.2 cm³/mol. The predicted octanol–water partition coefficient (Wildman–Crippen LogP) is 0.486. The molecule has 1 amide bonds. The number of carbonyl (C=O) groups is 1. The summed E-state index contributed by atoms with van der Waals surface area (Å²) in [5.74, 6) is -0.929. The number of aliphatic hydroxyl groups excluding tert-OH is 3. The summed E-state index contributed by atoms with van der Waals surface area (Å²) in [4.78, 5) is 12.4. The maximum Gasteiger partial charge on any atom is 0.262 e. The van der Waals surface area contributed by atoms with Crippen LogP contribution in [0.1, 0.15) is 9.67 Å². The fourth-order valence-corrected chi connectivity index (χ4v) is 2.64. The first-order valence-electron chi connectivity index (χ1n) is 5.88. The third kappa shape index (κ3) is 2.80. The number of halogens is 1. The van der Waals surface area contributed by atoms with Crippen molar-refractivity contribution in [1.29, 1.82) is 0 Å². The average molecular weight is 299 g/mol. The van der Waals surface area contributed by atoms with Crippen LogP contribution in [0.25, 0.3) is 10.1 Å². The molecule has 0 aliphatic rings. The van der Waals surface area contributed by atoms with Crippen LogP contribution in [0.4, 0.5) is 4.39 Å². The smallest absolute Gasteiger partial charge is 0.262 e. The Morgan fingerprint density at radius 1 is 1.20 bits per heavy atom. The minimum atomic E-state index is -1.47. The second kappa shape index (κ2) is 5.84. The van der Waals surface area contributed by atoms with E-state index in [1.165, 1.54) is 18.2 Å². The summed E-state index contributed by atoms with van der Waals surface area (Å²) < 4.78 is 13.8. The highest BCUT2D eigenvalue weighted by Gasteiger charge is 2.30. The van der Waals surface area contributed by atoms with Gasteiger partial charge < -0.3 is 20.6 Å². The molecule has 1 aromatic heterocycles. The van der Waals surface area contributed by atoms with Crippen molar-refractivity contribution in [3.63, 3.8) is 0 Å². The molecule has 0 spiro atoms. The molecule has 2 rings (SSSR count). The number of hydrogen-bond acceptors (Lipinski definition) is 5. The molecule has 5 nitrogen and oxygen atoms in total. The fraction of sp³-hybridized carbons (Fsp3) is 0.308. The average Bonchev–Trinajstić information content (AvgIpc) is 2.88. The van der Waals surface area contributed by atoms with Gasteiger partial charge in [-0.05, 0) is 29.7 Å². The summed E-state index contributed by atoms with van der Waals surface area (Å²) in [6.07, 6.45) is 0. The van der Waals surface area contributed by atoms with Crippen LogP contribution in [0.3, 0.4) is 0 Å². The van der Waals surface area contributed by atoms with Gasteiger partial charge in [-0.3, -0.25) is 4.79 Å². The molecule has 0 saturated heterocycles. The molecule has 0 aliphatic heterocycles. The summed E-state index contributed by atoms with van der Waals surface area (Å²) in [6, 6.07) is 5.72. The highest BCUT2D eigenvalue weighted by atomic mass is 32.1. The molecule has 0 radical (unpaired) electrons. The molecule has 1 aromatic carbocycles. The first kappa shape index (κ1) is 14.9. The van der Waals surface area contributed by atoms with Crippen molar-refractivity contribution in [2.24, 2.45) is 0 Å². The normalized spacial score (nSPS) is 11.8. The zero-order valence-electron chi connectivity index (χ0n) is 10.5. The van der Waals surface area contributed by atoms with Crippen molar-refractivity contribution >= 4 is 27.3 Å². The number of aliphatic hydroxyl groups is 3. The molecule has 7 heteroatoms. The number of thiophene rings is 1. The van der Waals surface area contributed by atoms with E-state index in [1.807, 2.05) is 0 Å². The molecular formula is C13H14FNO4S. The first-order valence-corrected chi connectivity index (χ1v) is 6.69. The van der Waals surface area contributed by atoms with E-state index < -0.39 is 37.1 Å². The zero-order chi connectivity index (χ0) is 14.8. The number of amides is 1. The second-order valence-corrected chi connectivity index (χ2v) is 5.59. The Kier molecular flexibility index (Phi) is 4.34. The third-order valence-corrected chi connectivity index (χ3v) is 4.10. The number of benzene rings is 1. The second-order valence-electron chi connectivity index (χ2n) is 4.50. The molecule has 4 N–H and O–H groups in total. The topological polar surface area (TPSA) is 89.8 Å². The molecule has 1 heterocycles. The van der Waals surface area contributed by atoms with Gasteiger partial charge in [0.15, 0.2) is 0 Å². The Hall–Kier alpha value is -1.54. The van der Waals surface area contributed by atoms with Crippen LogP contribution in [-0.4, -0.2) is 46.6 Å². The molecule has 0 aliphatic carbocycles. The van der Waals surface area contributed by atoms with Gasteiger partial charge in [0.1, 0.15) is 11.4 Å². The van der Waals surface area contributed by atoms with Crippen LogP contribution in [-0.2, 0) is 0 Å². The quantitative estimate of drug-likeness (QED) is 0.647. The van der Waals surface area contributed by atoms with E-state index in [4.69, 9.17) is 15.3 Å². The summed E-state index contributed by atoms with van der Waals surface area (Å²) >= 11 is 1.16. The summed E-state index contributed by atoms with van der Waals surface area (Å²) in [5, 5.41) is 30.5. The molecule has 0 saturated carbocycles. The Bertz CT molecular complexity index is 616. The van der Waals surface area contributed by atoms with Gasteiger partial charge in [0.2, 0.25) is 0 Å². The Morgan fingerprint density at radius 2 is 1.85 bits per heavy atom.